The second-order valence-corrected chi connectivity index (χ2v) is 31.7. The number of carbonyl (C=O) groups is 10. The molecule has 0 saturated carbocycles. The number of Topliss-reactive ketones (excluding diaryl/α,β-unsaturated/α-hetero) is 1. The Bertz CT molecular complexity index is 4690. The highest BCUT2D eigenvalue weighted by molar-refractivity contribution is 6.26. The minimum atomic E-state index is -1.99. The number of carbonyl (C=O) groups excluding carboxylic acids is 10. The zero-order valence-corrected chi connectivity index (χ0v) is 72.4. The number of anilines is 2. The number of hydrogen-bond donors (Lipinski definition) is 7. The fraction of sp³-hybridized carbons (Fsp3) is 0.551. The van der Waals surface area contributed by atoms with Crippen LogP contribution in [-0.2, 0) is 92.3 Å². The first-order valence-corrected chi connectivity index (χ1v) is 42.3. The van der Waals surface area contributed by atoms with Gasteiger partial charge >= 0.3 is 23.9 Å². The van der Waals surface area contributed by atoms with Gasteiger partial charge in [0.1, 0.15) is 59.1 Å². The van der Waals surface area contributed by atoms with Crippen LogP contribution in [0.5, 0.6) is 17.2 Å². The van der Waals surface area contributed by atoms with Crippen molar-refractivity contribution in [3.8, 4) is 17.2 Å². The second-order valence-electron chi connectivity index (χ2n) is 31.7. The van der Waals surface area contributed by atoms with Crippen LogP contribution in [0.2, 0.25) is 0 Å². The van der Waals surface area contributed by atoms with E-state index in [1.165, 1.54) is 39.2 Å². The number of hydrogen-bond acceptors (Lipinski definition) is 27. The van der Waals surface area contributed by atoms with Crippen molar-refractivity contribution >= 4 is 104 Å². The average Bonchev–Trinajstić information content (AvgIpc) is 1.44. The molecule has 676 valence electrons. The number of allylic oxidation sites excluding steroid dienone is 4. The van der Waals surface area contributed by atoms with Gasteiger partial charge in [-0.05, 0) is 111 Å². The van der Waals surface area contributed by atoms with Gasteiger partial charge in [0.05, 0.1) is 129 Å². The summed E-state index contributed by atoms with van der Waals surface area (Å²) in [6, 6.07) is 8.60. The summed E-state index contributed by atoms with van der Waals surface area (Å²) < 4.78 is 81.2. The zero-order chi connectivity index (χ0) is 89.4. The number of likely N-dealkylation sites (tertiary alicyclic amines) is 1. The molecule has 0 aliphatic carbocycles. The van der Waals surface area contributed by atoms with Crippen LogP contribution < -0.4 is 47.2 Å². The highest BCUT2D eigenvalue weighted by atomic mass is 16.7. The molecular weight excluding hydrogens is 1610 g/mol. The second kappa shape index (κ2) is 48.4. The highest BCUT2D eigenvalue weighted by Crippen LogP contribution is 2.49. The van der Waals surface area contributed by atoms with Crippen LogP contribution in [0, 0.1) is 36.5 Å². The number of phenolic OH excluding ortho intramolecular Hbond substituents is 1. The van der Waals surface area contributed by atoms with Crippen LogP contribution in [0.25, 0.3) is 33.0 Å². The van der Waals surface area contributed by atoms with E-state index in [9.17, 15) is 57.8 Å². The van der Waals surface area contributed by atoms with Crippen LogP contribution in [0.4, 0.5) is 21.0 Å². The van der Waals surface area contributed by atoms with E-state index in [2.05, 4.69) is 47.4 Å². The third kappa shape index (κ3) is 28.6. The number of piperidine rings is 1. The number of nitrogens with two attached hydrogens (primary N) is 1. The first kappa shape index (κ1) is 96.9. The van der Waals surface area contributed by atoms with Crippen LogP contribution in [0.15, 0.2) is 100.0 Å². The number of urea groups is 1. The fourth-order valence-corrected chi connectivity index (χ4v) is 14.7. The summed E-state index contributed by atoms with van der Waals surface area (Å²) in [5.41, 5.74) is 5.64. The largest absolute Gasteiger partial charge is 0.505 e. The standard InChI is InChI=1S/C89H119N9O26/c1-54(2)75(95-69(100)28-34-111-36-38-113-40-42-115-44-46-117-48-49-118-47-45-116-43-41-114-39-37-112-35-32-98-70(101)24-25-71(98)102)86(108)94-67(17-12-29-91-87(90)109)85(107)92-63-20-18-62(19-21-63)53-119-88(110)97-30-26-64(27-31-97)122-65-22-23-66-68(52-65)123-82-76(93-66)72-73-78(103)60(8)81-74(72)83(105)89(10,124-81)120-33-13-16-57(5)80(121-61(9)99)59(7)51-56(4)50-55(3)14-11-15-58(6)84(106)96-77(82)79(73)104/h11,13-15,18-25,33,52,54-57,59,64,67,75,80,104H,12,16-17,26-32,34-51,53H2,1-10H3,(H,92,107)(H,94,108)(H,95,100)(H,96,106)(H3,90,91,109)/b14-11+,33-13+,58-15-/t55-,56+,57+,59+,67?,75-,80+,89-/m0/s1. The Morgan fingerprint density at radius 3 is 1.94 bits per heavy atom. The summed E-state index contributed by atoms with van der Waals surface area (Å²) in [6.45, 7) is 23.6. The third-order valence-electron chi connectivity index (χ3n) is 21.2. The number of aromatic hydroxyl groups is 1. The molecule has 0 spiro atoms. The first-order chi connectivity index (χ1) is 59.5. The minimum Gasteiger partial charge on any atom is -0.505 e. The van der Waals surface area contributed by atoms with Gasteiger partial charge in [-0.15, -0.1) is 0 Å². The highest BCUT2D eigenvalue weighted by Gasteiger charge is 2.50. The molecule has 1 saturated heterocycles. The number of esters is 1. The Morgan fingerprint density at radius 2 is 1.35 bits per heavy atom. The summed E-state index contributed by atoms with van der Waals surface area (Å²) in [7, 11) is 0. The number of aromatic nitrogens is 1. The van der Waals surface area contributed by atoms with Gasteiger partial charge in [0.2, 0.25) is 17.7 Å². The van der Waals surface area contributed by atoms with Crippen molar-refractivity contribution in [1.82, 2.24) is 30.7 Å². The maximum Gasteiger partial charge on any atom is 0.410 e. The summed E-state index contributed by atoms with van der Waals surface area (Å²) in [5.74, 6) is -6.58. The van der Waals surface area contributed by atoms with Crippen molar-refractivity contribution in [3.05, 3.63) is 118 Å². The lowest BCUT2D eigenvalue weighted by molar-refractivity contribution is -0.152. The lowest BCUT2D eigenvalue weighted by Crippen LogP contribution is -2.54. The molecule has 9 amide bonds. The number of amides is 9. The van der Waals surface area contributed by atoms with Crippen LogP contribution in [0.3, 0.4) is 0 Å². The van der Waals surface area contributed by atoms with Gasteiger partial charge in [0, 0.05) is 93.2 Å². The normalized spacial score (nSPS) is 20.5. The molecule has 9 rings (SSSR count). The molecule has 4 aliphatic heterocycles. The van der Waals surface area contributed by atoms with Crippen molar-refractivity contribution in [1.29, 1.82) is 0 Å². The molecule has 1 fully saturated rings. The van der Waals surface area contributed by atoms with Crippen molar-refractivity contribution < 1.29 is 119 Å². The maximum absolute atomic E-state index is 14.9. The molecule has 4 aliphatic rings. The molecule has 4 aromatic carbocycles. The number of phenols is 1. The van der Waals surface area contributed by atoms with E-state index in [1.807, 2.05) is 13.0 Å². The number of ketones is 1. The predicted octanol–water partition coefficient (Wildman–Crippen LogP) is 9.07. The molecular formula is C89H119N9O26. The SMILES string of the molecule is CC(=O)O[C@@H]1[C@H](C)C/C=C/O[C@@]2(C)Oc3c(C)c(=O)c4c(O)c(c5oc6cc(OC7CCN(C(=O)OCc8ccc(NC(=O)C(CCCNC(N)=O)NC(=O)[C@@H](NC(=O)CCOCCOCCOCCOCCOCCOCCOCCOCCN9C(=O)C=CC9=O)C(C)C)cc8)CC7)ccc6nc5c4c3C2=O)NC(=O)/C(C)=C\C=C\[C@H](C)C[C@@H](C)C[C@H]1C. The Hall–Kier alpha value is -10.9. The Kier molecular flexibility index (Phi) is 37.8. The molecule has 1 unspecified atom stereocenters. The van der Waals surface area contributed by atoms with Gasteiger partial charge in [0.15, 0.2) is 22.3 Å². The fourth-order valence-electron chi connectivity index (χ4n) is 14.7. The van der Waals surface area contributed by atoms with Gasteiger partial charge in [-0.2, -0.15) is 0 Å². The molecule has 35 heteroatoms. The molecule has 124 heavy (non-hydrogen) atoms. The lowest BCUT2D eigenvalue weighted by Gasteiger charge is -2.31. The van der Waals surface area contributed by atoms with E-state index < -0.39 is 82.7 Å². The lowest BCUT2D eigenvalue weighted by atomic mass is 9.82. The molecule has 1 aromatic heterocycles. The number of imide groups is 1. The molecule has 35 nitrogen and oxygen atoms in total. The number of rotatable bonds is 42. The molecule has 8 N–H and O–H groups in total. The topological polar surface area (TPSA) is 447 Å². The van der Waals surface area contributed by atoms with Crippen molar-refractivity contribution in [3.63, 3.8) is 0 Å². The number of nitrogens with one attached hydrogen (secondary N) is 5. The van der Waals surface area contributed by atoms with Gasteiger partial charge in [-0.25, -0.2) is 14.6 Å². The van der Waals surface area contributed by atoms with Gasteiger partial charge in [-0.3, -0.25) is 48.1 Å². The van der Waals surface area contributed by atoms with E-state index >= 15 is 0 Å². The number of fused-ring (bicyclic) bond motifs is 2. The quantitative estimate of drug-likeness (QED) is 0.00478. The zero-order valence-electron chi connectivity index (χ0n) is 72.4. The molecule has 0 radical (unpaired) electrons. The first-order valence-electron chi connectivity index (χ1n) is 42.3. The maximum atomic E-state index is 14.9. The van der Waals surface area contributed by atoms with E-state index in [1.54, 1.807) is 86.4 Å². The Balaban J connectivity index is 0.705. The van der Waals surface area contributed by atoms with Gasteiger partial charge in [0.25, 0.3) is 23.5 Å². The molecule has 8 atom stereocenters. The minimum absolute atomic E-state index is 0.00283. The van der Waals surface area contributed by atoms with E-state index in [4.69, 9.17) is 76.7 Å². The van der Waals surface area contributed by atoms with Gasteiger partial charge < -0.3 is 108 Å². The third-order valence-corrected chi connectivity index (χ3v) is 21.2. The number of ether oxygens (including phenoxy) is 13. The van der Waals surface area contributed by atoms with Gasteiger partial charge in [-0.1, -0.05) is 71.9 Å². The molecule has 5 heterocycles. The number of benzene rings is 4. The van der Waals surface area contributed by atoms with E-state index in [0.717, 1.165) is 17.7 Å². The summed E-state index contributed by atoms with van der Waals surface area (Å²) in [6.07, 6.45) is 12.7. The smallest absolute Gasteiger partial charge is 0.410 e. The Morgan fingerprint density at radius 1 is 0.742 bits per heavy atom. The van der Waals surface area contributed by atoms with Crippen molar-refractivity contribution in [2.24, 2.45) is 35.3 Å². The predicted molar refractivity (Wildman–Crippen MR) is 456 cm³/mol. The average molecular weight is 1730 g/mol. The summed E-state index contributed by atoms with van der Waals surface area (Å²) in [5, 5.41) is 25.6. The molecule has 4 bridgehead atoms. The van der Waals surface area contributed by atoms with Crippen LogP contribution in [-0.4, -0.2) is 241 Å². The van der Waals surface area contributed by atoms with Crippen molar-refractivity contribution in [2.45, 2.75) is 157 Å². The van der Waals surface area contributed by atoms with Crippen LogP contribution in [0.1, 0.15) is 135 Å². The number of primary amides is 1. The van der Waals surface area contributed by atoms with Crippen molar-refractivity contribution in [2.75, 3.05) is 143 Å². The van der Waals surface area contributed by atoms with E-state index in [0.29, 0.717) is 116 Å². The van der Waals surface area contributed by atoms with E-state index in [-0.39, 0.29) is 187 Å². The Labute approximate surface area is 720 Å². The summed E-state index contributed by atoms with van der Waals surface area (Å²) >= 11 is 0. The summed E-state index contributed by atoms with van der Waals surface area (Å²) in [4.78, 5) is 153. The number of nitrogens with zero attached hydrogens (tertiary/aromatic N) is 3. The molecule has 5 aromatic rings. The monoisotopic (exact) mass is 1730 g/mol. The van der Waals surface area contributed by atoms with Crippen LogP contribution >= 0.6 is 0 Å².